The van der Waals surface area contributed by atoms with Crippen LogP contribution in [-0.2, 0) is 9.59 Å². The molecule has 0 radical (unpaired) electrons. The number of hydrogen-bond donors (Lipinski definition) is 2. The lowest BCUT2D eigenvalue weighted by molar-refractivity contribution is -0.144. The van der Waals surface area contributed by atoms with Crippen LogP contribution in [0.15, 0.2) is 12.1 Å². The molecule has 20 heavy (non-hydrogen) atoms. The highest BCUT2D eigenvalue weighted by molar-refractivity contribution is 5.82. The molecular weight excluding hydrogens is 272 g/mol. The van der Waals surface area contributed by atoms with E-state index >= 15 is 0 Å². The van der Waals surface area contributed by atoms with E-state index in [2.05, 4.69) is 5.32 Å². The minimum absolute atomic E-state index is 0.00381. The number of hydrogen-bond acceptors (Lipinski definition) is 3. The number of carboxylic acids is 1. The first kappa shape index (κ1) is 14.2. The summed E-state index contributed by atoms with van der Waals surface area (Å²) in [5, 5.41) is 11.5. The van der Waals surface area contributed by atoms with Gasteiger partial charge in [-0.25, -0.2) is 8.78 Å². The van der Waals surface area contributed by atoms with Crippen molar-refractivity contribution < 1.29 is 28.2 Å². The van der Waals surface area contributed by atoms with Gasteiger partial charge in [-0.15, -0.1) is 0 Å². The van der Waals surface area contributed by atoms with Crippen molar-refractivity contribution in [1.29, 1.82) is 0 Å². The molecule has 1 aliphatic rings. The fourth-order valence-corrected chi connectivity index (χ4v) is 2.38. The van der Waals surface area contributed by atoms with E-state index in [1.807, 2.05) is 0 Å². The van der Waals surface area contributed by atoms with Crippen LogP contribution in [0.25, 0.3) is 0 Å². The molecular formula is C13H13F2NO4. The van der Waals surface area contributed by atoms with E-state index in [-0.39, 0.29) is 24.3 Å². The van der Waals surface area contributed by atoms with Crippen LogP contribution in [0.5, 0.6) is 5.75 Å². The number of carbonyl (C=O) groups is 2. The van der Waals surface area contributed by atoms with Gasteiger partial charge >= 0.3 is 5.97 Å². The van der Waals surface area contributed by atoms with Gasteiger partial charge in [-0.1, -0.05) is 0 Å². The van der Waals surface area contributed by atoms with Gasteiger partial charge in [-0.2, -0.15) is 0 Å². The summed E-state index contributed by atoms with van der Waals surface area (Å²) in [7, 11) is 1.27. The first-order valence-electron chi connectivity index (χ1n) is 5.96. The molecule has 1 fully saturated rings. The average Bonchev–Trinajstić information content (AvgIpc) is 2.37. The molecule has 2 rings (SSSR count). The Balaban J connectivity index is 2.46. The zero-order chi connectivity index (χ0) is 14.9. The fraction of sp³-hybridized carbons (Fsp3) is 0.385. The van der Waals surface area contributed by atoms with Crippen molar-refractivity contribution in [2.75, 3.05) is 13.7 Å². The summed E-state index contributed by atoms with van der Waals surface area (Å²) < 4.78 is 32.7. The number of ether oxygens (including phenoxy) is 1. The molecule has 1 aromatic carbocycles. The Kier molecular flexibility index (Phi) is 3.87. The number of rotatable bonds is 3. The van der Waals surface area contributed by atoms with Gasteiger partial charge in [0, 0.05) is 36.6 Å². The number of methoxy groups -OCH3 is 1. The third-order valence-electron chi connectivity index (χ3n) is 3.39. The lowest BCUT2D eigenvalue weighted by atomic mass is 9.80. The van der Waals surface area contributed by atoms with Gasteiger partial charge in [-0.3, -0.25) is 9.59 Å². The number of aliphatic carboxylic acids is 1. The Hall–Kier alpha value is -2.18. The Bertz CT molecular complexity index is 538. The van der Waals surface area contributed by atoms with Crippen molar-refractivity contribution in [3.8, 4) is 5.75 Å². The standard InChI is InChI=1S/C13H13F2NO4/c1-20-6-2-9(14)12(10(15)3-6)7-4-11(17)16-5-8(7)13(18)19/h2-3,7-8H,4-5H2,1H3,(H,16,17)(H,18,19). The Morgan fingerprint density at radius 1 is 1.40 bits per heavy atom. The molecule has 2 unspecified atom stereocenters. The largest absolute Gasteiger partial charge is 0.497 e. The Morgan fingerprint density at radius 2 is 2.00 bits per heavy atom. The van der Waals surface area contributed by atoms with Crippen molar-refractivity contribution in [2.45, 2.75) is 12.3 Å². The van der Waals surface area contributed by atoms with E-state index in [0.717, 1.165) is 12.1 Å². The second-order valence-corrected chi connectivity index (χ2v) is 4.56. The molecule has 1 aliphatic heterocycles. The van der Waals surface area contributed by atoms with Gasteiger partial charge in [0.05, 0.1) is 13.0 Å². The minimum Gasteiger partial charge on any atom is -0.497 e. The van der Waals surface area contributed by atoms with Crippen molar-refractivity contribution in [1.82, 2.24) is 5.32 Å². The smallest absolute Gasteiger partial charge is 0.308 e. The third-order valence-corrected chi connectivity index (χ3v) is 3.39. The van der Waals surface area contributed by atoms with Gasteiger partial charge in [0.15, 0.2) is 0 Å². The maximum absolute atomic E-state index is 14.0. The van der Waals surface area contributed by atoms with Gasteiger partial charge < -0.3 is 15.2 Å². The molecule has 7 heteroatoms. The highest BCUT2D eigenvalue weighted by atomic mass is 19.1. The molecule has 0 spiro atoms. The van der Waals surface area contributed by atoms with E-state index < -0.39 is 35.3 Å². The number of amides is 1. The number of nitrogens with one attached hydrogen (secondary N) is 1. The van der Waals surface area contributed by atoms with Crippen LogP contribution < -0.4 is 10.1 Å². The summed E-state index contributed by atoms with van der Waals surface area (Å²) in [5.74, 6) is -5.56. The van der Waals surface area contributed by atoms with Crippen LogP contribution in [0.1, 0.15) is 17.9 Å². The van der Waals surface area contributed by atoms with Crippen molar-refractivity contribution >= 4 is 11.9 Å². The maximum atomic E-state index is 14.0. The zero-order valence-electron chi connectivity index (χ0n) is 10.7. The molecule has 2 atom stereocenters. The quantitative estimate of drug-likeness (QED) is 0.877. The van der Waals surface area contributed by atoms with E-state index in [4.69, 9.17) is 9.84 Å². The van der Waals surface area contributed by atoms with Crippen LogP contribution in [-0.4, -0.2) is 30.6 Å². The minimum atomic E-state index is -1.20. The fourth-order valence-electron chi connectivity index (χ4n) is 2.38. The zero-order valence-corrected chi connectivity index (χ0v) is 10.7. The maximum Gasteiger partial charge on any atom is 0.308 e. The first-order valence-corrected chi connectivity index (χ1v) is 5.96. The van der Waals surface area contributed by atoms with Crippen molar-refractivity contribution in [3.05, 3.63) is 29.3 Å². The summed E-state index contributed by atoms with van der Waals surface area (Å²) in [6.45, 7) is -0.149. The Labute approximate surface area is 113 Å². The Morgan fingerprint density at radius 3 is 2.50 bits per heavy atom. The van der Waals surface area contributed by atoms with Crippen molar-refractivity contribution in [3.63, 3.8) is 0 Å². The summed E-state index contributed by atoms with van der Waals surface area (Å²) >= 11 is 0. The predicted molar refractivity (Wildman–Crippen MR) is 64.4 cm³/mol. The normalized spacial score (nSPS) is 22.2. The average molecular weight is 285 g/mol. The lowest BCUT2D eigenvalue weighted by Gasteiger charge is -2.29. The SMILES string of the molecule is COc1cc(F)c(C2CC(=O)NCC2C(=O)O)c(F)c1. The van der Waals surface area contributed by atoms with Gasteiger partial charge in [0.2, 0.25) is 5.91 Å². The van der Waals surface area contributed by atoms with E-state index in [9.17, 15) is 18.4 Å². The molecule has 1 saturated heterocycles. The van der Waals surface area contributed by atoms with E-state index in [1.165, 1.54) is 7.11 Å². The van der Waals surface area contributed by atoms with Gasteiger partial charge in [0.25, 0.3) is 0 Å². The number of carbonyl (C=O) groups excluding carboxylic acids is 1. The van der Waals surface area contributed by atoms with Crippen LogP contribution in [0.3, 0.4) is 0 Å². The predicted octanol–water partition coefficient (Wildman–Crippen LogP) is 1.28. The highest BCUT2D eigenvalue weighted by Gasteiger charge is 2.38. The van der Waals surface area contributed by atoms with Gasteiger partial charge in [-0.05, 0) is 0 Å². The van der Waals surface area contributed by atoms with Crippen molar-refractivity contribution in [2.24, 2.45) is 5.92 Å². The van der Waals surface area contributed by atoms with Gasteiger partial charge in [0.1, 0.15) is 17.4 Å². The summed E-state index contributed by atoms with van der Waals surface area (Å²) in [5.41, 5.74) is -0.381. The van der Waals surface area contributed by atoms with Crippen LogP contribution in [0.2, 0.25) is 0 Å². The molecule has 1 amide bonds. The second kappa shape index (κ2) is 5.44. The lowest BCUT2D eigenvalue weighted by Crippen LogP contribution is -2.43. The molecule has 0 saturated carbocycles. The van der Waals surface area contributed by atoms with Crippen LogP contribution >= 0.6 is 0 Å². The molecule has 108 valence electrons. The van der Waals surface area contributed by atoms with E-state index in [0.29, 0.717) is 0 Å². The summed E-state index contributed by atoms with van der Waals surface area (Å²) in [6, 6.07) is 1.95. The molecule has 2 N–H and O–H groups in total. The highest BCUT2D eigenvalue weighted by Crippen LogP contribution is 2.36. The number of piperidine rings is 1. The summed E-state index contributed by atoms with van der Waals surface area (Å²) in [6.07, 6.45) is -0.267. The second-order valence-electron chi connectivity index (χ2n) is 4.56. The monoisotopic (exact) mass is 285 g/mol. The van der Waals surface area contributed by atoms with Crippen LogP contribution in [0, 0.1) is 17.6 Å². The first-order chi connectivity index (χ1) is 9.43. The molecule has 1 aromatic rings. The summed E-state index contributed by atoms with van der Waals surface area (Å²) in [4.78, 5) is 22.6. The number of halogens is 2. The molecule has 0 aromatic heterocycles. The van der Waals surface area contributed by atoms with E-state index in [1.54, 1.807) is 0 Å². The molecule has 0 aliphatic carbocycles. The topological polar surface area (TPSA) is 75.6 Å². The molecule has 0 bridgehead atoms. The van der Waals surface area contributed by atoms with Crippen LogP contribution in [0.4, 0.5) is 8.78 Å². The molecule has 1 heterocycles. The number of benzene rings is 1. The molecule has 5 nitrogen and oxygen atoms in total. The third kappa shape index (κ3) is 2.56. The number of carboxylic acid groups (broad SMARTS) is 1.